The van der Waals surface area contributed by atoms with Crippen LogP contribution in [0.5, 0.6) is 5.75 Å². The second-order valence-corrected chi connectivity index (χ2v) is 6.20. The number of hydrogen-bond acceptors (Lipinski definition) is 2. The lowest BCUT2D eigenvalue weighted by Gasteiger charge is -2.34. The molecule has 0 spiro atoms. The van der Waals surface area contributed by atoms with Gasteiger partial charge in [-0.2, -0.15) is 0 Å². The third kappa shape index (κ3) is 2.02. The zero-order valence-corrected chi connectivity index (χ0v) is 11.6. The zero-order valence-electron chi connectivity index (χ0n) is 10.8. The van der Waals surface area contributed by atoms with Gasteiger partial charge < -0.3 is 10.5 Å². The van der Waals surface area contributed by atoms with Crippen molar-refractivity contribution < 1.29 is 4.74 Å². The van der Waals surface area contributed by atoms with Gasteiger partial charge in [0.1, 0.15) is 11.9 Å². The fourth-order valence-electron chi connectivity index (χ4n) is 3.25. The summed E-state index contributed by atoms with van der Waals surface area (Å²) in [5.74, 6) is 0.868. The number of rotatable bonds is 1. The Kier molecular flexibility index (Phi) is 3.03. The van der Waals surface area contributed by atoms with Crippen LogP contribution < -0.4 is 10.5 Å². The van der Waals surface area contributed by atoms with Crippen LogP contribution in [0.2, 0.25) is 5.02 Å². The summed E-state index contributed by atoms with van der Waals surface area (Å²) < 4.78 is 5.74. The quantitative estimate of drug-likeness (QED) is 0.839. The third-order valence-electron chi connectivity index (χ3n) is 4.27. The molecule has 3 heteroatoms. The average Bonchev–Trinajstić information content (AvgIpc) is 2.71. The molecule has 18 heavy (non-hydrogen) atoms. The summed E-state index contributed by atoms with van der Waals surface area (Å²) in [5, 5.41) is 0.724. The average molecular weight is 266 g/mol. The van der Waals surface area contributed by atoms with Crippen molar-refractivity contribution in [2.75, 3.05) is 0 Å². The van der Waals surface area contributed by atoms with E-state index in [-0.39, 0.29) is 11.6 Å². The molecular formula is C15H20ClNO. The van der Waals surface area contributed by atoms with Gasteiger partial charge in [0.15, 0.2) is 0 Å². The molecule has 0 amide bonds. The van der Waals surface area contributed by atoms with Crippen LogP contribution in [0.4, 0.5) is 0 Å². The smallest absolute Gasteiger partial charge is 0.141 e. The molecule has 1 unspecified atom stereocenters. The van der Waals surface area contributed by atoms with Crippen molar-refractivity contribution in [2.24, 2.45) is 5.73 Å². The van der Waals surface area contributed by atoms with Crippen molar-refractivity contribution >= 4 is 11.6 Å². The molecule has 0 radical (unpaired) electrons. The van der Waals surface area contributed by atoms with Gasteiger partial charge in [0.2, 0.25) is 0 Å². The van der Waals surface area contributed by atoms with Crippen molar-refractivity contribution in [3.8, 4) is 5.75 Å². The Morgan fingerprint density at radius 3 is 2.72 bits per heavy atom. The van der Waals surface area contributed by atoms with Crippen LogP contribution >= 0.6 is 11.6 Å². The molecule has 1 fully saturated rings. The molecule has 1 aliphatic carbocycles. The highest BCUT2D eigenvalue weighted by atomic mass is 35.5. The summed E-state index contributed by atoms with van der Waals surface area (Å²) in [6.45, 7) is 2.08. The molecular weight excluding hydrogens is 246 g/mol. The van der Waals surface area contributed by atoms with E-state index >= 15 is 0 Å². The fraction of sp³-hybridized carbons (Fsp3) is 0.600. The first-order valence-corrected chi connectivity index (χ1v) is 7.25. The van der Waals surface area contributed by atoms with Gasteiger partial charge in [-0.25, -0.2) is 0 Å². The highest BCUT2D eigenvalue weighted by Crippen LogP contribution is 2.42. The summed E-state index contributed by atoms with van der Waals surface area (Å²) in [5.41, 5.74) is 8.82. The molecule has 0 saturated heterocycles. The Labute approximate surface area is 113 Å². The van der Waals surface area contributed by atoms with E-state index in [9.17, 15) is 0 Å². The molecule has 0 bridgehead atoms. The van der Waals surface area contributed by atoms with Crippen LogP contribution in [-0.2, 0) is 12.0 Å². The first kappa shape index (κ1) is 12.3. The van der Waals surface area contributed by atoms with Gasteiger partial charge in [0.05, 0.1) is 5.02 Å². The van der Waals surface area contributed by atoms with Gasteiger partial charge in [-0.15, -0.1) is 0 Å². The number of halogens is 1. The van der Waals surface area contributed by atoms with Crippen molar-refractivity contribution in [2.45, 2.75) is 57.1 Å². The highest BCUT2D eigenvalue weighted by Gasteiger charge is 2.32. The Balaban J connectivity index is 1.99. The number of fused-ring (bicyclic) bond motifs is 1. The summed E-state index contributed by atoms with van der Waals surface area (Å²) in [7, 11) is 0. The van der Waals surface area contributed by atoms with Crippen LogP contribution in [0, 0.1) is 0 Å². The van der Waals surface area contributed by atoms with Crippen molar-refractivity contribution in [3.63, 3.8) is 0 Å². The predicted octanol–water partition coefficient (Wildman–Crippen LogP) is 3.78. The molecule has 3 rings (SSSR count). The van der Waals surface area contributed by atoms with Gasteiger partial charge in [-0.3, -0.25) is 0 Å². The van der Waals surface area contributed by atoms with Crippen LogP contribution in [-0.4, -0.2) is 6.10 Å². The van der Waals surface area contributed by atoms with E-state index in [4.69, 9.17) is 22.1 Å². The second kappa shape index (κ2) is 4.43. The zero-order chi connectivity index (χ0) is 12.8. The van der Waals surface area contributed by atoms with Crippen LogP contribution in [0.25, 0.3) is 0 Å². The Morgan fingerprint density at radius 1 is 1.28 bits per heavy atom. The van der Waals surface area contributed by atoms with E-state index in [1.54, 1.807) is 0 Å². The molecule has 1 aliphatic heterocycles. The Bertz CT molecular complexity index is 466. The van der Waals surface area contributed by atoms with Crippen LogP contribution in [0.15, 0.2) is 12.1 Å². The lowest BCUT2D eigenvalue weighted by atomic mass is 9.77. The molecule has 1 heterocycles. The summed E-state index contributed by atoms with van der Waals surface area (Å²) >= 11 is 6.34. The minimum Gasteiger partial charge on any atom is -0.489 e. The van der Waals surface area contributed by atoms with E-state index in [0.29, 0.717) is 0 Å². The normalized spacial score (nSPS) is 25.6. The fourth-order valence-corrected chi connectivity index (χ4v) is 3.53. The van der Waals surface area contributed by atoms with Crippen molar-refractivity contribution in [1.82, 2.24) is 0 Å². The van der Waals surface area contributed by atoms with Gasteiger partial charge in [-0.05, 0) is 37.0 Å². The van der Waals surface area contributed by atoms with E-state index in [0.717, 1.165) is 30.0 Å². The molecule has 1 atom stereocenters. The van der Waals surface area contributed by atoms with Crippen LogP contribution in [0.3, 0.4) is 0 Å². The lowest BCUT2D eigenvalue weighted by Crippen LogP contribution is -2.38. The number of benzene rings is 1. The molecule has 2 N–H and O–H groups in total. The van der Waals surface area contributed by atoms with E-state index in [2.05, 4.69) is 13.0 Å². The Morgan fingerprint density at radius 2 is 2.00 bits per heavy atom. The first-order chi connectivity index (χ1) is 8.58. The standard InChI is InChI=1S/C15H20ClNO/c1-10-7-11-8-12(9-13(16)14(11)18-10)15(17)5-3-2-4-6-15/h8-10H,2-7,17H2,1H3. The second-order valence-electron chi connectivity index (χ2n) is 5.80. The third-order valence-corrected chi connectivity index (χ3v) is 4.55. The number of hydrogen-bond donors (Lipinski definition) is 1. The summed E-state index contributed by atoms with van der Waals surface area (Å²) in [6, 6.07) is 4.24. The molecule has 1 aromatic carbocycles. The predicted molar refractivity (Wildman–Crippen MR) is 74.2 cm³/mol. The summed E-state index contributed by atoms with van der Waals surface area (Å²) in [6.07, 6.45) is 7.05. The molecule has 1 aromatic rings. The highest BCUT2D eigenvalue weighted by molar-refractivity contribution is 6.32. The number of nitrogens with two attached hydrogens (primary N) is 1. The van der Waals surface area contributed by atoms with E-state index < -0.39 is 0 Å². The Hall–Kier alpha value is -0.730. The maximum atomic E-state index is 6.58. The molecule has 2 nitrogen and oxygen atoms in total. The van der Waals surface area contributed by atoms with Gasteiger partial charge >= 0.3 is 0 Å². The van der Waals surface area contributed by atoms with Crippen LogP contribution in [0.1, 0.15) is 50.2 Å². The molecule has 0 aromatic heterocycles. The van der Waals surface area contributed by atoms with Gasteiger partial charge in [0, 0.05) is 12.0 Å². The maximum Gasteiger partial charge on any atom is 0.141 e. The lowest BCUT2D eigenvalue weighted by molar-refractivity contribution is 0.254. The SMILES string of the molecule is CC1Cc2cc(C3(N)CCCCC3)cc(Cl)c2O1. The van der Waals surface area contributed by atoms with Crippen molar-refractivity contribution in [3.05, 3.63) is 28.3 Å². The van der Waals surface area contributed by atoms with E-state index in [1.807, 2.05) is 6.07 Å². The minimum atomic E-state index is -0.178. The molecule has 2 aliphatic rings. The van der Waals surface area contributed by atoms with Gasteiger partial charge in [0.25, 0.3) is 0 Å². The molecule has 98 valence electrons. The first-order valence-electron chi connectivity index (χ1n) is 6.87. The van der Waals surface area contributed by atoms with Crippen molar-refractivity contribution in [1.29, 1.82) is 0 Å². The van der Waals surface area contributed by atoms with Gasteiger partial charge in [-0.1, -0.05) is 36.9 Å². The number of ether oxygens (including phenoxy) is 1. The molecule has 1 saturated carbocycles. The topological polar surface area (TPSA) is 35.2 Å². The van der Waals surface area contributed by atoms with E-state index in [1.165, 1.54) is 30.4 Å². The summed E-state index contributed by atoms with van der Waals surface area (Å²) in [4.78, 5) is 0. The largest absolute Gasteiger partial charge is 0.489 e. The minimum absolute atomic E-state index is 0.178. The monoisotopic (exact) mass is 265 g/mol. The maximum absolute atomic E-state index is 6.58.